The summed E-state index contributed by atoms with van der Waals surface area (Å²) in [5.74, 6) is -5.94. The molecule has 604 valence electrons. The summed E-state index contributed by atoms with van der Waals surface area (Å²) in [6, 6.07) is 4.22. The topological polar surface area (TPSA) is 336 Å². The number of alkyl carbamates (subject to hydrolysis) is 2. The zero-order valence-corrected chi connectivity index (χ0v) is 62.9. The molecule has 2 unspecified atom stereocenters. The van der Waals surface area contributed by atoms with E-state index in [2.05, 4.69) is 51.6 Å². The Kier molecular flexibility index (Phi) is 26.4. The number of amides is 4. The number of phosphoric ester groups is 1. The molecule has 4 aliphatic rings. The SMILES string of the molecule is COC(=O)N[C@H](C(=O)C[C@@H](Cc1ccc(C#Cc2cnc(N3CC4CCC(C3)N4C3COC3)nc2)cc1)[C@H](CN(Cc1c(F)cc(-c2ccn(C(F)F)n2)cc1F)NC(=O)[C@@H](NC(=O)OC)C(C)(C)C(F)(F)F)OC(=O)CC(C)(C)c1c(CC(=O)N2[C@@H](C)CC[C@H]2C(=O)O)cc(C)cc1OP(=O)(O)O)C(C)(C)C(F)(F)F. The monoisotopic (exact) mass is 1590 g/mol. The van der Waals surface area contributed by atoms with Gasteiger partial charge in [0.25, 0.3) is 5.91 Å². The minimum absolute atomic E-state index is 0.0536. The normalized spacial score (nSPS) is 19.0. The van der Waals surface area contributed by atoms with E-state index < -0.39 is 194 Å². The fourth-order valence-corrected chi connectivity index (χ4v) is 14.9. The summed E-state index contributed by atoms with van der Waals surface area (Å²) in [4.78, 5) is 134. The van der Waals surface area contributed by atoms with Crippen molar-refractivity contribution in [2.75, 3.05) is 52.0 Å². The number of benzene rings is 3. The van der Waals surface area contributed by atoms with Gasteiger partial charge in [0.1, 0.15) is 41.6 Å². The van der Waals surface area contributed by atoms with Gasteiger partial charge in [0.2, 0.25) is 11.9 Å². The Morgan fingerprint density at radius 2 is 1.35 bits per heavy atom. The van der Waals surface area contributed by atoms with E-state index in [0.29, 0.717) is 106 Å². The minimum Gasteiger partial charge on any atom is -0.480 e. The molecule has 0 aliphatic carbocycles. The highest BCUT2D eigenvalue weighted by Crippen LogP contribution is 2.48. The molecule has 2 aromatic heterocycles. The number of aryl methyl sites for hydroxylation is 1. The van der Waals surface area contributed by atoms with E-state index in [1.807, 2.05) is 5.32 Å². The first kappa shape index (κ1) is 85.5. The first-order valence-corrected chi connectivity index (χ1v) is 36.7. The first-order chi connectivity index (χ1) is 51.8. The average molecular weight is 1590 g/mol. The van der Waals surface area contributed by atoms with Crippen molar-refractivity contribution in [3.05, 3.63) is 124 Å². The zero-order chi connectivity index (χ0) is 81.8. The molecule has 6 heterocycles. The molecule has 3 aromatic carbocycles. The van der Waals surface area contributed by atoms with Crippen molar-refractivity contribution < 1.29 is 120 Å². The smallest absolute Gasteiger partial charge is 0.480 e. The molecule has 2 bridgehead atoms. The number of halogens is 10. The number of hydrazine groups is 1. The molecule has 9 rings (SSSR count). The van der Waals surface area contributed by atoms with Gasteiger partial charge in [-0.3, -0.25) is 39.3 Å². The molecule has 111 heavy (non-hydrogen) atoms. The molecule has 5 aromatic rings. The van der Waals surface area contributed by atoms with Crippen LogP contribution in [0.4, 0.5) is 59.4 Å². The van der Waals surface area contributed by atoms with E-state index in [-0.39, 0.29) is 39.8 Å². The predicted molar refractivity (Wildman–Crippen MR) is 374 cm³/mol. The number of anilines is 1. The van der Waals surface area contributed by atoms with Crippen LogP contribution in [-0.4, -0.2) is 199 Å². The number of methoxy groups -OCH3 is 2. The van der Waals surface area contributed by atoms with Gasteiger partial charge < -0.3 is 49.0 Å². The van der Waals surface area contributed by atoms with Gasteiger partial charge in [-0.15, -0.1) is 0 Å². The number of rotatable bonds is 29. The molecule has 27 nitrogen and oxygen atoms in total. The highest BCUT2D eigenvalue weighted by molar-refractivity contribution is 7.46. The molecule has 4 aliphatic heterocycles. The minimum atomic E-state index is -5.59. The molecule has 38 heteroatoms. The number of carbonyl (C=O) groups excluding carboxylic acids is 6. The third kappa shape index (κ3) is 20.4. The van der Waals surface area contributed by atoms with Crippen LogP contribution in [-0.2, 0) is 72.3 Å². The molecular weight excluding hydrogens is 1510 g/mol. The molecule has 0 saturated carbocycles. The van der Waals surface area contributed by atoms with Crippen LogP contribution in [0.15, 0.2) is 73.2 Å². The molecule has 0 radical (unpaired) electrons. The van der Waals surface area contributed by atoms with Gasteiger partial charge in [0.15, 0.2) is 5.78 Å². The number of carboxylic acid groups (broad SMARTS) is 1. The number of hydrogen-bond donors (Lipinski definition) is 6. The fraction of sp³-hybridized carbons (Fsp3) is 0.534. The lowest BCUT2D eigenvalue weighted by Crippen LogP contribution is -2.62. The summed E-state index contributed by atoms with van der Waals surface area (Å²) in [6.07, 6.45) is -13.5. The van der Waals surface area contributed by atoms with Gasteiger partial charge in [-0.25, -0.2) is 47.4 Å². The second-order valence-corrected chi connectivity index (χ2v) is 31.0. The Labute approximate surface area is 631 Å². The first-order valence-electron chi connectivity index (χ1n) is 35.2. The highest BCUT2D eigenvalue weighted by Gasteiger charge is 2.58. The lowest BCUT2D eigenvalue weighted by atomic mass is 9.77. The summed E-state index contributed by atoms with van der Waals surface area (Å²) in [5, 5.41) is 17.9. The average Bonchev–Trinajstić information content (AvgIpc) is 1.67. The summed E-state index contributed by atoms with van der Waals surface area (Å²) in [7, 11) is -4.08. The number of fused-ring (bicyclic) bond motifs is 2. The van der Waals surface area contributed by atoms with Crippen molar-refractivity contribution in [2.24, 2.45) is 16.7 Å². The van der Waals surface area contributed by atoms with Gasteiger partial charge >= 0.3 is 50.8 Å². The number of nitrogens with zero attached hydrogens (tertiary/aromatic N) is 8. The van der Waals surface area contributed by atoms with Crippen molar-refractivity contribution in [1.29, 1.82) is 0 Å². The second-order valence-electron chi connectivity index (χ2n) is 29.8. The van der Waals surface area contributed by atoms with Crippen LogP contribution in [0, 0.1) is 47.1 Å². The molecule has 0 spiro atoms. The molecule has 4 fully saturated rings. The molecule has 4 amide bonds. The van der Waals surface area contributed by atoms with Gasteiger partial charge in [-0.2, -0.15) is 40.2 Å². The van der Waals surface area contributed by atoms with Crippen molar-refractivity contribution in [2.45, 2.75) is 186 Å². The number of ketones is 1. The van der Waals surface area contributed by atoms with Crippen molar-refractivity contribution in [3.8, 4) is 28.8 Å². The lowest BCUT2D eigenvalue weighted by Gasteiger charge is -2.47. The van der Waals surface area contributed by atoms with Crippen LogP contribution in [0.1, 0.15) is 132 Å². The van der Waals surface area contributed by atoms with E-state index in [1.54, 1.807) is 24.6 Å². The van der Waals surface area contributed by atoms with Crippen LogP contribution < -0.4 is 25.5 Å². The highest BCUT2D eigenvalue weighted by atomic mass is 31.2. The van der Waals surface area contributed by atoms with Crippen molar-refractivity contribution in [3.63, 3.8) is 0 Å². The maximum Gasteiger partial charge on any atom is 0.524 e. The molecule has 6 N–H and O–H groups in total. The summed E-state index contributed by atoms with van der Waals surface area (Å²) in [6.45, 7) is 4.65. The Balaban J connectivity index is 1.17. The largest absolute Gasteiger partial charge is 0.524 e. The molecule has 4 saturated heterocycles. The number of ether oxygens (including phenoxy) is 4. The number of piperazine rings is 1. The Morgan fingerprint density at radius 3 is 1.88 bits per heavy atom. The summed E-state index contributed by atoms with van der Waals surface area (Å²) < 4.78 is 192. The third-order valence-corrected chi connectivity index (χ3v) is 21.0. The molecule has 8 atom stereocenters. The number of carbonyl (C=O) groups is 7. The van der Waals surface area contributed by atoms with E-state index >= 15 is 44.7 Å². The predicted octanol–water partition coefficient (Wildman–Crippen LogP) is 9.81. The third-order valence-electron chi connectivity index (χ3n) is 20.6. The Bertz CT molecular complexity index is 4340. The van der Waals surface area contributed by atoms with E-state index in [4.69, 9.17) is 14.0 Å². The van der Waals surface area contributed by atoms with Crippen LogP contribution in [0.5, 0.6) is 5.75 Å². The number of hydrogen-bond acceptors (Lipinski definition) is 19. The second kappa shape index (κ2) is 34.2. The summed E-state index contributed by atoms with van der Waals surface area (Å²) in [5.41, 5.74) is -7.50. The number of nitrogens with one attached hydrogen (secondary N) is 3. The van der Waals surface area contributed by atoms with Gasteiger partial charge in [0.05, 0.1) is 74.9 Å². The van der Waals surface area contributed by atoms with Gasteiger partial charge in [-0.05, 0) is 127 Å². The number of likely N-dealkylation sites (tertiary alicyclic amines) is 1. The molecular formula is C73H86F10N11O16P. The Morgan fingerprint density at radius 1 is 0.775 bits per heavy atom. The van der Waals surface area contributed by atoms with Crippen LogP contribution in [0.25, 0.3) is 11.3 Å². The maximum atomic E-state index is 16.9. The fourth-order valence-electron chi connectivity index (χ4n) is 14.5. The van der Waals surface area contributed by atoms with E-state index in [9.17, 15) is 52.2 Å². The number of aromatic nitrogens is 4. The van der Waals surface area contributed by atoms with Crippen LogP contribution in [0.2, 0.25) is 0 Å². The Hall–Kier alpha value is -9.47. The number of carboxylic acids is 1. The van der Waals surface area contributed by atoms with Crippen molar-refractivity contribution in [1.82, 2.24) is 50.6 Å². The van der Waals surface area contributed by atoms with Gasteiger partial charge in [0, 0.05) is 96.4 Å². The quantitative estimate of drug-likeness (QED) is 0.00647. The van der Waals surface area contributed by atoms with E-state index in [0.717, 1.165) is 50.3 Å². The number of alkyl halides is 8. The van der Waals surface area contributed by atoms with Crippen molar-refractivity contribution >= 4 is 55.5 Å². The van der Waals surface area contributed by atoms with E-state index in [1.165, 1.54) is 51.1 Å². The zero-order valence-electron chi connectivity index (χ0n) is 62.1. The van der Waals surface area contributed by atoms with Gasteiger partial charge in [-0.1, -0.05) is 43.9 Å². The number of esters is 1. The van der Waals surface area contributed by atoms with Crippen LogP contribution in [0.3, 0.4) is 0 Å². The lowest BCUT2D eigenvalue weighted by molar-refractivity contribution is -0.221. The number of phosphoric acid groups is 1. The maximum absolute atomic E-state index is 16.9. The summed E-state index contributed by atoms with van der Waals surface area (Å²) >= 11 is 0. The standard InChI is InChI=1S/C73H86F10N11O16P/c1-39-23-46(29-58(96)93-40(2)11-20-54(93)64(99)100)60(56(24-39)110-111(103,104)105)69(3,4)30-59(97)109-57(36-91(89-63(98)62(87-68(102)107-10)71(7,8)73(81,82)83)35-50-51(74)26-44(27-52(50)75)53-21-22-92(88-53)65(76)77)45(28-55(95)61(86-67(101)106-9)70(5,6)72(78,79)80)25-42-15-12-41(13-16-42)14-17-43-31-84-66(85-32-43)90-33-47-18-19-48(34-90)94(47)49-37-108-38-49/h12-13,15-16,21-24,26-27,31-32,40,45,47-49,54,57,61-62,65H,11,18-20,25,28-30,33-38H2,1-10H3,(H,86,101)(H,87,102)(H,89,98)(H,99,100)(H2,103,104,105)/t40-,45+,47?,48?,54-,57-,61+,62+/m0/s1. The van der Waals surface area contributed by atoms with Crippen LogP contribution >= 0.6 is 7.82 Å². The number of aliphatic carboxylic acids is 1. The number of Topliss-reactive ketones (excluding diaryl/α,β-unsaturated/α-hetero) is 1.